The van der Waals surface area contributed by atoms with Gasteiger partial charge in [0, 0.05) is 51.5 Å². The molecule has 16 heavy (non-hydrogen) atoms. The maximum Gasteiger partial charge on any atom is 0.0374 e. The highest BCUT2D eigenvalue weighted by Gasteiger charge is 2.03. The summed E-state index contributed by atoms with van der Waals surface area (Å²) in [6, 6.07) is 0. The molecule has 5 nitrogen and oxygen atoms in total. The lowest BCUT2D eigenvalue weighted by Gasteiger charge is -2.21. The van der Waals surface area contributed by atoms with Crippen molar-refractivity contribution in [3.63, 3.8) is 0 Å². The summed E-state index contributed by atoms with van der Waals surface area (Å²) < 4.78 is 0. The first-order chi connectivity index (χ1) is 7.70. The molecule has 0 aliphatic rings. The van der Waals surface area contributed by atoms with E-state index >= 15 is 0 Å². The van der Waals surface area contributed by atoms with Gasteiger partial charge in [-0.2, -0.15) is 0 Å². The summed E-state index contributed by atoms with van der Waals surface area (Å²) in [5.41, 5.74) is 11.8. The summed E-state index contributed by atoms with van der Waals surface area (Å²) in [5.74, 6) is 0. The van der Waals surface area contributed by atoms with Gasteiger partial charge in [0.05, 0.1) is 0 Å². The van der Waals surface area contributed by atoms with E-state index in [2.05, 4.69) is 29.0 Å². The summed E-state index contributed by atoms with van der Waals surface area (Å²) in [5, 5.41) is 6.63. The highest BCUT2D eigenvalue weighted by molar-refractivity contribution is 4.90. The van der Waals surface area contributed by atoms with E-state index in [1.165, 1.54) is 0 Å². The van der Waals surface area contributed by atoms with Gasteiger partial charge in [-0.15, -0.1) is 0 Å². The van der Waals surface area contributed by atoms with E-state index in [1.807, 2.05) is 0 Å². The molecule has 0 saturated carbocycles. The molecule has 0 fully saturated rings. The Balaban J connectivity index is 3.47. The number of hydrogen-bond donors (Lipinski definition) is 4. The molecule has 0 radical (unpaired) electrons. The average molecular weight is 229 g/mol. The average Bonchev–Trinajstić information content (AvgIpc) is 2.22. The van der Waals surface area contributed by atoms with Crippen molar-refractivity contribution >= 4 is 0 Å². The number of likely N-dealkylation sites (N-methyl/N-ethyl adjacent to an activating group) is 1. The van der Waals surface area contributed by atoms with E-state index < -0.39 is 0 Å². The highest BCUT2D eigenvalue weighted by Crippen LogP contribution is 1.89. The van der Waals surface area contributed by atoms with Crippen LogP contribution in [0.1, 0.15) is 6.92 Å². The molecule has 6 N–H and O–H groups in total. The maximum atomic E-state index is 5.59. The normalized spacial score (nSPS) is 10.9. The molecule has 0 unspecified atom stereocenters. The van der Waals surface area contributed by atoms with Gasteiger partial charge in [-0.3, -0.25) is 4.90 Å². The molecule has 0 aromatic heterocycles. The molecule has 0 aromatic carbocycles. The molecule has 0 spiro atoms. The third-order valence-electron chi connectivity index (χ3n) is 2.21. The van der Waals surface area contributed by atoms with Crippen LogP contribution in [0.15, 0.2) is 12.3 Å². The Morgan fingerprint density at radius 2 is 1.88 bits per heavy atom. The number of nitrogens with zero attached hydrogens (tertiary/aromatic N) is 1. The van der Waals surface area contributed by atoms with E-state index in [0.29, 0.717) is 12.2 Å². The Kier molecular flexibility index (Phi) is 10.5. The molecular formula is C11H27N5. The Morgan fingerprint density at radius 1 is 1.19 bits per heavy atom. The zero-order valence-electron chi connectivity index (χ0n) is 10.5. The van der Waals surface area contributed by atoms with Crippen molar-refractivity contribution < 1.29 is 0 Å². The molecule has 0 rings (SSSR count). The molecular weight excluding hydrogens is 202 g/mol. The lowest BCUT2D eigenvalue weighted by molar-refractivity contribution is 0.302. The van der Waals surface area contributed by atoms with Crippen LogP contribution in [0, 0.1) is 0 Å². The van der Waals surface area contributed by atoms with Crippen LogP contribution in [0.4, 0.5) is 0 Å². The molecule has 0 bridgehead atoms. The minimum absolute atomic E-state index is 0.657. The van der Waals surface area contributed by atoms with Gasteiger partial charge in [0.2, 0.25) is 0 Å². The molecule has 5 heteroatoms. The predicted molar refractivity (Wildman–Crippen MR) is 70.2 cm³/mol. The van der Waals surface area contributed by atoms with Crippen molar-refractivity contribution in [3.8, 4) is 0 Å². The van der Waals surface area contributed by atoms with Crippen molar-refractivity contribution in [3.05, 3.63) is 12.3 Å². The summed E-state index contributed by atoms with van der Waals surface area (Å²) >= 11 is 0. The van der Waals surface area contributed by atoms with E-state index in [0.717, 1.165) is 45.8 Å². The van der Waals surface area contributed by atoms with Crippen LogP contribution in [0.3, 0.4) is 0 Å². The standard InChI is InChI=1S/C11H27N5/c1-3-14-5-6-15-7-9-16(8-4-12)10-11(2)13/h14-15H,2-10,12-13H2,1H3. The van der Waals surface area contributed by atoms with E-state index in [-0.39, 0.29) is 0 Å². The number of nitrogens with two attached hydrogens (primary N) is 2. The number of nitrogens with one attached hydrogen (secondary N) is 2. The first-order valence-corrected chi connectivity index (χ1v) is 5.97. The van der Waals surface area contributed by atoms with Crippen LogP contribution in [-0.2, 0) is 0 Å². The fraction of sp³-hybridized carbons (Fsp3) is 0.818. The monoisotopic (exact) mass is 229 g/mol. The van der Waals surface area contributed by atoms with Gasteiger partial charge in [0.25, 0.3) is 0 Å². The van der Waals surface area contributed by atoms with Crippen molar-refractivity contribution in [1.82, 2.24) is 15.5 Å². The third-order valence-corrected chi connectivity index (χ3v) is 2.21. The summed E-state index contributed by atoms with van der Waals surface area (Å²) in [6.45, 7) is 13.0. The van der Waals surface area contributed by atoms with E-state index in [9.17, 15) is 0 Å². The van der Waals surface area contributed by atoms with Gasteiger partial charge in [0.1, 0.15) is 0 Å². The van der Waals surface area contributed by atoms with Crippen LogP contribution >= 0.6 is 0 Å². The zero-order chi connectivity index (χ0) is 12.2. The van der Waals surface area contributed by atoms with Crippen molar-refractivity contribution in [2.45, 2.75) is 6.92 Å². The van der Waals surface area contributed by atoms with Gasteiger partial charge < -0.3 is 22.1 Å². The SMILES string of the molecule is C=C(N)CN(CCN)CCNCCNCC. The minimum Gasteiger partial charge on any atom is -0.401 e. The molecule has 0 saturated heterocycles. The first kappa shape index (κ1) is 15.4. The lowest BCUT2D eigenvalue weighted by atomic mass is 10.4. The second-order valence-corrected chi connectivity index (χ2v) is 3.83. The number of hydrogen-bond acceptors (Lipinski definition) is 5. The Morgan fingerprint density at radius 3 is 2.44 bits per heavy atom. The Hall–Kier alpha value is -0.620. The molecule has 0 heterocycles. The highest BCUT2D eigenvalue weighted by atomic mass is 15.1. The fourth-order valence-corrected chi connectivity index (χ4v) is 1.46. The van der Waals surface area contributed by atoms with Crippen LogP contribution < -0.4 is 22.1 Å². The smallest absolute Gasteiger partial charge is 0.0374 e. The molecule has 0 atom stereocenters. The van der Waals surface area contributed by atoms with Gasteiger partial charge in [0.15, 0.2) is 0 Å². The van der Waals surface area contributed by atoms with Gasteiger partial charge in [-0.1, -0.05) is 13.5 Å². The summed E-state index contributed by atoms with van der Waals surface area (Å²) in [7, 11) is 0. The second kappa shape index (κ2) is 10.9. The summed E-state index contributed by atoms with van der Waals surface area (Å²) in [4.78, 5) is 2.21. The fourth-order valence-electron chi connectivity index (χ4n) is 1.46. The van der Waals surface area contributed by atoms with E-state index in [4.69, 9.17) is 11.5 Å². The number of rotatable bonds is 11. The van der Waals surface area contributed by atoms with Crippen molar-refractivity contribution in [2.24, 2.45) is 11.5 Å². The van der Waals surface area contributed by atoms with Crippen molar-refractivity contribution in [1.29, 1.82) is 0 Å². The Labute approximate surface area is 99.2 Å². The molecule has 0 amide bonds. The van der Waals surface area contributed by atoms with Crippen molar-refractivity contribution in [2.75, 3.05) is 52.4 Å². The Bertz CT molecular complexity index is 172. The van der Waals surface area contributed by atoms with E-state index in [1.54, 1.807) is 0 Å². The third kappa shape index (κ3) is 9.92. The predicted octanol–water partition coefficient (Wildman–Crippen LogP) is -1.08. The lowest BCUT2D eigenvalue weighted by Crippen LogP contribution is -2.39. The van der Waals surface area contributed by atoms with Gasteiger partial charge in [-0.05, 0) is 6.54 Å². The molecule has 0 aromatic rings. The first-order valence-electron chi connectivity index (χ1n) is 5.97. The van der Waals surface area contributed by atoms with Gasteiger partial charge >= 0.3 is 0 Å². The quantitative estimate of drug-likeness (QED) is 0.339. The minimum atomic E-state index is 0.657. The molecule has 0 aliphatic heterocycles. The topological polar surface area (TPSA) is 79.3 Å². The van der Waals surface area contributed by atoms with Crippen LogP contribution in [0.25, 0.3) is 0 Å². The largest absolute Gasteiger partial charge is 0.401 e. The van der Waals surface area contributed by atoms with Crippen LogP contribution in [-0.4, -0.2) is 57.3 Å². The van der Waals surface area contributed by atoms with Gasteiger partial charge in [-0.25, -0.2) is 0 Å². The van der Waals surface area contributed by atoms with Crippen LogP contribution in [0.5, 0.6) is 0 Å². The maximum absolute atomic E-state index is 5.59. The van der Waals surface area contributed by atoms with Crippen LogP contribution in [0.2, 0.25) is 0 Å². The molecule has 96 valence electrons. The second-order valence-electron chi connectivity index (χ2n) is 3.83. The zero-order valence-corrected chi connectivity index (χ0v) is 10.5. The summed E-state index contributed by atoms with van der Waals surface area (Å²) in [6.07, 6.45) is 0. The molecule has 0 aliphatic carbocycles.